The van der Waals surface area contributed by atoms with Gasteiger partial charge in [0, 0.05) is 19.0 Å². The molecule has 19 heavy (non-hydrogen) atoms. The van der Waals surface area contributed by atoms with Crippen molar-refractivity contribution in [3.8, 4) is 0 Å². The molecule has 1 fully saturated rings. The summed E-state index contributed by atoms with van der Waals surface area (Å²) in [6, 6.07) is 2.81. The van der Waals surface area contributed by atoms with Gasteiger partial charge in [0.25, 0.3) is 0 Å². The van der Waals surface area contributed by atoms with Crippen molar-refractivity contribution >= 4 is 11.3 Å². The Bertz CT molecular complexity index is 523. The molecule has 3 rings (SSSR count). The monoisotopic (exact) mass is 277 g/mol. The molecule has 4 nitrogen and oxygen atoms in total. The Morgan fingerprint density at radius 3 is 2.95 bits per heavy atom. The van der Waals surface area contributed by atoms with Crippen molar-refractivity contribution in [2.75, 3.05) is 6.54 Å². The smallest absolute Gasteiger partial charge is 0.230 e. The molecule has 1 saturated heterocycles. The molecule has 1 aliphatic rings. The zero-order valence-corrected chi connectivity index (χ0v) is 12.2. The van der Waals surface area contributed by atoms with E-state index in [9.17, 15) is 0 Å². The van der Waals surface area contributed by atoms with Crippen LogP contribution < -0.4 is 0 Å². The predicted molar refractivity (Wildman–Crippen MR) is 75.2 cm³/mol. The molecule has 0 N–H and O–H groups in total. The second kappa shape index (κ2) is 5.43. The molecule has 3 heterocycles. The van der Waals surface area contributed by atoms with Gasteiger partial charge in [-0.15, -0.1) is 10.2 Å². The van der Waals surface area contributed by atoms with E-state index in [4.69, 9.17) is 4.42 Å². The van der Waals surface area contributed by atoms with Gasteiger partial charge in [0.05, 0.1) is 6.54 Å². The van der Waals surface area contributed by atoms with E-state index < -0.39 is 0 Å². The highest BCUT2D eigenvalue weighted by atomic mass is 32.1. The Hall–Kier alpha value is -1.20. The van der Waals surface area contributed by atoms with Crippen LogP contribution in [0.2, 0.25) is 0 Å². The summed E-state index contributed by atoms with van der Waals surface area (Å²) in [4.78, 5) is 2.44. The van der Waals surface area contributed by atoms with E-state index in [0.717, 1.165) is 31.3 Å². The maximum atomic E-state index is 5.61. The van der Waals surface area contributed by atoms with Gasteiger partial charge in [-0.2, -0.15) is 11.3 Å². The molecule has 2 atom stereocenters. The molecule has 1 aliphatic heterocycles. The van der Waals surface area contributed by atoms with E-state index in [1.54, 1.807) is 11.3 Å². The fraction of sp³-hybridized carbons (Fsp3) is 0.571. The first-order valence-corrected chi connectivity index (χ1v) is 7.78. The zero-order valence-electron chi connectivity index (χ0n) is 11.4. The molecule has 0 amide bonds. The lowest BCUT2D eigenvalue weighted by atomic mass is 10.00. The Morgan fingerprint density at radius 2 is 2.26 bits per heavy atom. The lowest BCUT2D eigenvalue weighted by Crippen LogP contribution is -2.26. The predicted octanol–water partition coefficient (Wildman–Crippen LogP) is 3.07. The molecule has 0 bridgehead atoms. The summed E-state index contributed by atoms with van der Waals surface area (Å²) in [7, 11) is 0. The van der Waals surface area contributed by atoms with E-state index in [1.165, 1.54) is 12.0 Å². The van der Waals surface area contributed by atoms with Crippen LogP contribution in [0.4, 0.5) is 0 Å². The van der Waals surface area contributed by atoms with Crippen molar-refractivity contribution in [2.24, 2.45) is 0 Å². The first kappa shape index (κ1) is 12.8. The number of hydrogen-bond donors (Lipinski definition) is 0. The quantitative estimate of drug-likeness (QED) is 0.861. The zero-order chi connectivity index (χ0) is 13.2. The second-order valence-electron chi connectivity index (χ2n) is 5.21. The molecular formula is C14H19N3OS. The average Bonchev–Trinajstić information content (AvgIpc) is 3.12. The minimum atomic E-state index is 0.571. The number of nitrogens with zero attached hydrogens (tertiary/aromatic N) is 3. The maximum absolute atomic E-state index is 5.61. The van der Waals surface area contributed by atoms with Gasteiger partial charge >= 0.3 is 0 Å². The van der Waals surface area contributed by atoms with Crippen molar-refractivity contribution in [1.82, 2.24) is 15.1 Å². The van der Waals surface area contributed by atoms with E-state index >= 15 is 0 Å². The van der Waals surface area contributed by atoms with Crippen LogP contribution in [-0.4, -0.2) is 27.7 Å². The Kier molecular flexibility index (Phi) is 3.66. The minimum absolute atomic E-state index is 0.571. The Morgan fingerprint density at radius 1 is 1.42 bits per heavy atom. The molecule has 2 unspecified atom stereocenters. The number of aromatic nitrogens is 2. The summed E-state index contributed by atoms with van der Waals surface area (Å²) >= 11 is 1.78. The fourth-order valence-corrected chi connectivity index (χ4v) is 3.48. The van der Waals surface area contributed by atoms with Gasteiger partial charge in [-0.3, -0.25) is 4.90 Å². The molecule has 5 heteroatoms. The third kappa shape index (κ3) is 2.72. The fourth-order valence-electron chi connectivity index (χ4n) is 2.74. The molecule has 2 aromatic rings. The topological polar surface area (TPSA) is 42.2 Å². The summed E-state index contributed by atoms with van der Waals surface area (Å²) in [5.74, 6) is 2.13. The highest BCUT2D eigenvalue weighted by Crippen LogP contribution is 2.33. The molecule has 0 radical (unpaired) electrons. The van der Waals surface area contributed by atoms with E-state index in [-0.39, 0.29) is 0 Å². The van der Waals surface area contributed by atoms with Crippen molar-refractivity contribution < 1.29 is 4.42 Å². The minimum Gasteiger partial charge on any atom is -0.424 e. The SMILES string of the molecule is CCc1nnc(CN2CC(c3ccsc3)CC2C)o1. The van der Waals surface area contributed by atoms with Gasteiger partial charge in [0.15, 0.2) is 0 Å². The summed E-state index contributed by atoms with van der Waals surface area (Å²) in [6.45, 7) is 6.17. The third-order valence-electron chi connectivity index (χ3n) is 3.87. The van der Waals surface area contributed by atoms with E-state index in [2.05, 4.69) is 38.8 Å². The van der Waals surface area contributed by atoms with Gasteiger partial charge in [-0.05, 0) is 41.7 Å². The largest absolute Gasteiger partial charge is 0.424 e. The van der Waals surface area contributed by atoms with Crippen LogP contribution in [-0.2, 0) is 13.0 Å². The lowest BCUT2D eigenvalue weighted by molar-refractivity contribution is 0.230. The van der Waals surface area contributed by atoms with E-state index in [1.807, 2.05) is 6.92 Å². The van der Waals surface area contributed by atoms with Crippen LogP contribution in [0.3, 0.4) is 0 Å². The summed E-state index contributed by atoms with van der Waals surface area (Å²) in [5, 5.41) is 12.6. The summed E-state index contributed by atoms with van der Waals surface area (Å²) in [5.41, 5.74) is 1.47. The van der Waals surface area contributed by atoms with Crippen LogP contribution in [0.15, 0.2) is 21.2 Å². The van der Waals surface area contributed by atoms with Crippen LogP contribution in [0, 0.1) is 0 Å². The first-order chi connectivity index (χ1) is 9.26. The molecule has 0 saturated carbocycles. The molecule has 102 valence electrons. The molecular weight excluding hydrogens is 258 g/mol. The number of thiophene rings is 1. The molecule has 0 spiro atoms. The highest BCUT2D eigenvalue weighted by molar-refractivity contribution is 7.07. The maximum Gasteiger partial charge on any atom is 0.230 e. The first-order valence-electron chi connectivity index (χ1n) is 6.83. The van der Waals surface area contributed by atoms with Crippen LogP contribution in [0.5, 0.6) is 0 Å². The molecule has 2 aromatic heterocycles. The van der Waals surface area contributed by atoms with Gasteiger partial charge in [0.2, 0.25) is 11.8 Å². The summed E-state index contributed by atoms with van der Waals surface area (Å²) in [6.07, 6.45) is 2.02. The third-order valence-corrected chi connectivity index (χ3v) is 4.57. The molecule has 0 aromatic carbocycles. The Balaban J connectivity index is 1.65. The normalized spacial score (nSPS) is 24.1. The number of hydrogen-bond acceptors (Lipinski definition) is 5. The van der Waals surface area contributed by atoms with E-state index in [0.29, 0.717) is 12.0 Å². The van der Waals surface area contributed by atoms with Crippen LogP contribution in [0.1, 0.15) is 43.5 Å². The number of rotatable bonds is 4. The average molecular weight is 277 g/mol. The number of aryl methyl sites for hydroxylation is 1. The standard InChI is InChI=1S/C14H19N3OS/c1-3-13-15-16-14(18-13)8-17-7-12(6-10(17)2)11-4-5-19-9-11/h4-5,9-10,12H,3,6-8H2,1-2H3. The molecule has 0 aliphatic carbocycles. The van der Waals surface area contributed by atoms with Crippen molar-refractivity contribution in [2.45, 2.75) is 45.2 Å². The Labute approximate surface area is 117 Å². The van der Waals surface area contributed by atoms with Gasteiger partial charge in [0.1, 0.15) is 0 Å². The summed E-state index contributed by atoms with van der Waals surface area (Å²) < 4.78 is 5.61. The van der Waals surface area contributed by atoms with Crippen molar-refractivity contribution in [3.63, 3.8) is 0 Å². The van der Waals surface area contributed by atoms with Crippen molar-refractivity contribution in [1.29, 1.82) is 0 Å². The van der Waals surface area contributed by atoms with Gasteiger partial charge in [-0.1, -0.05) is 6.92 Å². The van der Waals surface area contributed by atoms with Gasteiger partial charge < -0.3 is 4.42 Å². The highest BCUT2D eigenvalue weighted by Gasteiger charge is 2.31. The van der Waals surface area contributed by atoms with Crippen molar-refractivity contribution in [3.05, 3.63) is 34.2 Å². The second-order valence-corrected chi connectivity index (χ2v) is 5.99. The van der Waals surface area contributed by atoms with Gasteiger partial charge in [-0.25, -0.2) is 0 Å². The van der Waals surface area contributed by atoms with Crippen LogP contribution in [0.25, 0.3) is 0 Å². The lowest BCUT2D eigenvalue weighted by Gasteiger charge is -2.18. The van der Waals surface area contributed by atoms with Crippen LogP contribution >= 0.6 is 11.3 Å². The number of likely N-dealkylation sites (tertiary alicyclic amines) is 1.